The highest BCUT2D eigenvalue weighted by Gasteiger charge is 2.44. The number of rotatable bonds is 3. The zero-order valence-corrected chi connectivity index (χ0v) is 6.34. The predicted molar refractivity (Wildman–Crippen MR) is 36.7 cm³/mol. The Hall–Kier alpha value is -0.700. The quantitative estimate of drug-likeness (QED) is 0.365. The van der Waals surface area contributed by atoms with Gasteiger partial charge in [0.1, 0.15) is 0 Å². The van der Waals surface area contributed by atoms with Gasteiger partial charge in [-0.15, -0.1) is 0 Å². The van der Waals surface area contributed by atoms with Gasteiger partial charge in [0, 0.05) is 6.54 Å². The molecule has 0 saturated heterocycles. The Kier molecular flexibility index (Phi) is 2.56. The second-order valence-corrected chi connectivity index (χ2v) is 3.76. The van der Waals surface area contributed by atoms with Crippen LogP contribution >= 0.6 is 0 Å². The normalized spacial score (nSPS) is 17.4. The summed E-state index contributed by atoms with van der Waals surface area (Å²) in [5.41, 5.74) is 9.71. The third-order valence-corrected chi connectivity index (χ3v) is 2.53. The van der Waals surface area contributed by atoms with Crippen molar-refractivity contribution in [2.24, 2.45) is 16.6 Å². The average molecular weight is 183 g/mol. The molecule has 0 spiro atoms. The molecule has 1 atom stereocenters. The lowest BCUT2D eigenvalue weighted by Gasteiger charge is -2.18. The first kappa shape index (κ1) is 10.3. The zero-order valence-electron chi connectivity index (χ0n) is 5.52. The van der Waals surface area contributed by atoms with Crippen molar-refractivity contribution in [1.29, 1.82) is 0 Å². The molecule has 11 heavy (non-hydrogen) atoms. The Morgan fingerprint density at radius 3 is 1.91 bits per heavy atom. The highest BCUT2D eigenvalue weighted by molar-refractivity contribution is 7.91. The van der Waals surface area contributed by atoms with E-state index in [1.165, 1.54) is 0 Å². The van der Waals surface area contributed by atoms with Gasteiger partial charge < -0.3 is 16.6 Å². The molecule has 66 valence electrons. The smallest absolute Gasteiger partial charge is 0.342 e. The molecule has 0 aromatic heterocycles. The molecule has 0 bridgehead atoms. The van der Waals surface area contributed by atoms with Gasteiger partial charge in [-0.2, -0.15) is 0 Å². The number of hydrogen-bond acceptors (Lipinski definition) is 5. The molecule has 8 heteroatoms. The van der Waals surface area contributed by atoms with Gasteiger partial charge in [0.25, 0.3) is 0 Å². The minimum atomic E-state index is -4.36. The number of primary sulfonamides is 1. The van der Waals surface area contributed by atoms with Gasteiger partial charge in [0.2, 0.25) is 14.9 Å². The molecular weight excluding hydrogens is 174 g/mol. The maximum atomic E-state index is 10.5. The van der Waals surface area contributed by atoms with Crippen molar-refractivity contribution in [2.45, 2.75) is 4.87 Å². The Balaban J connectivity index is 5.09. The number of aliphatic carboxylic acids is 1. The lowest BCUT2D eigenvalue weighted by molar-refractivity contribution is -0.139. The van der Waals surface area contributed by atoms with Gasteiger partial charge in [0.05, 0.1) is 0 Å². The fraction of sp³-hybridized carbons (Fsp3) is 0.667. The van der Waals surface area contributed by atoms with E-state index in [2.05, 4.69) is 5.14 Å². The van der Waals surface area contributed by atoms with Crippen LogP contribution in [0.2, 0.25) is 0 Å². The van der Waals surface area contributed by atoms with Crippen molar-refractivity contribution in [1.82, 2.24) is 0 Å². The molecule has 0 radical (unpaired) electrons. The van der Waals surface area contributed by atoms with Crippen molar-refractivity contribution >= 4 is 16.0 Å². The highest BCUT2D eigenvalue weighted by atomic mass is 32.2. The van der Waals surface area contributed by atoms with Gasteiger partial charge in [0.15, 0.2) is 0 Å². The minimum absolute atomic E-state index is 0.763. The van der Waals surface area contributed by atoms with Crippen molar-refractivity contribution in [3.8, 4) is 0 Å². The molecule has 0 aromatic carbocycles. The van der Waals surface area contributed by atoms with E-state index in [4.69, 9.17) is 16.6 Å². The summed E-state index contributed by atoms with van der Waals surface area (Å²) in [5, 5.41) is 12.8. The van der Waals surface area contributed by atoms with Gasteiger partial charge in [-0.25, -0.2) is 18.4 Å². The van der Waals surface area contributed by atoms with Crippen molar-refractivity contribution < 1.29 is 18.3 Å². The number of sulfonamides is 1. The first-order valence-corrected chi connectivity index (χ1v) is 4.05. The van der Waals surface area contributed by atoms with E-state index in [0.717, 1.165) is 0 Å². The van der Waals surface area contributed by atoms with Gasteiger partial charge in [-0.05, 0) is 0 Å². The molecule has 0 aliphatic heterocycles. The average Bonchev–Trinajstić information content (AvgIpc) is 1.83. The molecule has 7 nitrogen and oxygen atoms in total. The van der Waals surface area contributed by atoms with Crippen LogP contribution in [0.5, 0.6) is 0 Å². The second kappa shape index (κ2) is 2.74. The molecule has 0 aliphatic carbocycles. The summed E-state index contributed by atoms with van der Waals surface area (Å²) in [6.45, 7) is -0.763. The molecule has 0 fully saturated rings. The van der Waals surface area contributed by atoms with Crippen LogP contribution in [0.1, 0.15) is 0 Å². The molecule has 0 aromatic rings. The Morgan fingerprint density at radius 1 is 1.55 bits per heavy atom. The summed E-state index contributed by atoms with van der Waals surface area (Å²) < 4.78 is 21.0. The van der Waals surface area contributed by atoms with Crippen LogP contribution in [-0.4, -0.2) is 30.9 Å². The number of carbonyl (C=O) groups is 1. The van der Waals surface area contributed by atoms with E-state index in [0.29, 0.717) is 0 Å². The van der Waals surface area contributed by atoms with E-state index in [-0.39, 0.29) is 0 Å². The summed E-state index contributed by atoms with van der Waals surface area (Å²) in [6.07, 6.45) is 0. The maximum absolute atomic E-state index is 10.5. The standard InChI is InChI=1S/C3H9N3O4S/c4-1-3(5,2(7)8)11(6,9)10/h1,4-5H2,(H,7,8)(H2,6,9,10). The second-order valence-electron chi connectivity index (χ2n) is 1.94. The van der Waals surface area contributed by atoms with Crippen molar-refractivity contribution in [3.05, 3.63) is 0 Å². The largest absolute Gasteiger partial charge is 0.479 e. The lowest BCUT2D eigenvalue weighted by Crippen LogP contribution is -2.62. The first-order chi connectivity index (χ1) is 4.75. The fourth-order valence-corrected chi connectivity index (χ4v) is 0.801. The van der Waals surface area contributed by atoms with Crippen LogP contribution in [0.4, 0.5) is 0 Å². The summed E-state index contributed by atoms with van der Waals surface area (Å²) in [7, 11) is -4.36. The Morgan fingerprint density at radius 2 is 1.91 bits per heavy atom. The van der Waals surface area contributed by atoms with Crippen LogP contribution in [0.15, 0.2) is 0 Å². The molecule has 1 unspecified atom stereocenters. The highest BCUT2D eigenvalue weighted by Crippen LogP contribution is 2.04. The molecule has 7 N–H and O–H groups in total. The van der Waals surface area contributed by atoms with E-state index >= 15 is 0 Å². The molecule has 0 rings (SSSR count). The van der Waals surface area contributed by atoms with Gasteiger partial charge in [-0.3, -0.25) is 0 Å². The molecule has 0 amide bonds. The molecule has 0 saturated carbocycles. The minimum Gasteiger partial charge on any atom is -0.479 e. The Bertz CT molecular complexity index is 260. The summed E-state index contributed by atoms with van der Waals surface area (Å²) in [6, 6.07) is 0. The molecular formula is C3H9N3O4S. The van der Waals surface area contributed by atoms with Crippen molar-refractivity contribution in [3.63, 3.8) is 0 Å². The Labute approximate surface area is 63.2 Å². The topological polar surface area (TPSA) is 150 Å². The van der Waals surface area contributed by atoms with Crippen LogP contribution in [0.3, 0.4) is 0 Å². The first-order valence-electron chi connectivity index (χ1n) is 2.50. The predicted octanol–water partition coefficient (Wildman–Crippen LogP) is -3.03. The van der Waals surface area contributed by atoms with Gasteiger partial charge in [-0.1, -0.05) is 0 Å². The molecule has 0 heterocycles. The number of hydrogen-bond donors (Lipinski definition) is 4. The van der Waals surface area contributed by atoms with E-state index < -0.39 is 27.4 Å². The van der Waals surface area contributed by atoms with Crippen LogP contribution in [0.25, 0.3) is 0 Å². The van der Waals surface area contributed by atoms with Gasteiger partial charge >= 0.3 is 5.97 Å². The third kappa shape index (κ3) is 1.66. The summed E-state index contributed by atoms with van der Waals surface area (Å²) in [4.78, 5) is 7.66. The van der Waals surface area contributed by atoms with Crippen molar-refractivity contribution in [2.75, 3.05) is 6.54 Å². The van der Waals surface area contributed by atoms with Crippen LogP contribution in [-0.2, 0) is 14.8 Å². The monoisotopic (exact) mass is 183 g/mol. The number of carboxylic acid groups (broad SMARTS) is 1. The van der Waals surface area contributed by atoms with E-state index in [1.54, 1.807) is 0 Å². The number of carboxylic acids is 1. The zero-order chi connectivity index (χ0) is 9.28. The molecule has 0 aliphatic rings. The summed E-state index contributed by atoms with van der Waals surface area (Å²) in [5.74, 6) is -1.76. The van der Waals surface area contributed by atoms with Crippen LogP contribution < -0.4 is 16.6 Å². The van der Waals surface area contributed by atoms with E-state index in [1.807, 2.05) is 0 Å². The third-order valence-electron chi connectivity index (χ3n) is 1.17. The SMILES string of the molecule is NCC(N)(C(=O)O)S(N)(=O)=O. The lowest BCUT2D eigenvalue weighted by atomic mass is 10.3. The van der Waals surface area contributed by atoms with E-state index in [9.17, 15) is 13.2 Å². The number of nitrogens with two attached hydrogens (primary N) is 3. The maximum Gasteiger partial charge on any atom is 0.342 e. The van der Waals surface area contributed by atoms with Crippen LogP contribution in [0, 0.1) is 0 Å². The fourth-order valence-electron chi connectivity index (χ4n) is 0.325. The summed E-state index contributed by atoms with van der Waals surface area (Å²) >= 11 is 0.